The maximum atomic E-state index is 2.31. The predicted octanol–water partition coefficient (Wildman–Crippen LogP) is 5.26. The Morgan fingerprint density at radius 3 is 2.31 bits per heavy atom. The van der Waals surface area contributed by atoms with Gasteiger partial charge >= 0.3 is 0 Å². The van der Waals surface area contributed by atoms with Gasteiger partial charge in [0.15, 0.2) is 6.20 Å². The van der Waals surface area contributed by atoms with Gasteiger partial charge in [0, 0.05) is 46.9 Å². The molecule has 0 aliphatic heterocycles. The maximum absolute atomic E-state index is 2.31. The van der Waals surface area contributed by atoms with Crippen molar-refractivity contribution < 1.29 is 4.57 Å². The second kappa shape index (κ2) is 6.14. The summed E-state index contributed by atoms with van der Waals surface area (Å²) in [5.74, 6) is 0. The van der Waals surface area contributed by atoms with Crippen LogP contribution in [0.3, 0.4) is 0 Å². The van der Waals surface area contributed by atoms with Crippen molar-refractivity contribution in [3.8, 4) is 22.5 Å². The van der Waals surface area contributed by atoms with E-state index in [4.69, 9.17) is 0 Å². The molecular weight excluding hydrogens is 316 g/mol. The summed E-state index contributed by atoms with van der Waals surface area (Å²) in [4.78, 5) is 0. The molecule has 0 amide bonds. The Hall–Kier alpha value is -2.87. The lowest BCUT2D eigenvalue weighted by Gasteiger charge is -2.14. The molecule has 4 aromatic rings. The predicted molar refractivity (Wildman–Crippen MR) is 109 cm³/mol. The van der Waals surface area contributed by atoms with E-state index in [1.807, 2.05) is 0 Å². The standard InChI is InChI=1S/C24H25N2/c1-16-10-11-25(4)23(14-16)20-12-17(2)13-21(18(20)3)24-15-19-8-6-7-9-22(19)26(24)5/h6-15H,1-5H3/q+1. The molecule has 2 heteroatoms. The van der Waals surface area contributed by atoms with Gasteiger partial charge in [0.1, 0.15) is 7.05 Å². The minimum atomic E-state index is 1.26. The van der Waals surface area contributed by atoms with Gasteiger partial charge in [-0.25, -0.2) is 4.57 Å². The molecule has 0 aliphatic carbocycles. The highest BCUT2D eigenvalue weighted by atomic mass is 14.9. The van der Waals surface area contributed by atoms with Crippen molar-refractivity contribution in [1.29, 1.82) is 0 Å². The summed E-state index contributed by atoms with van der Waals surface area (Å²) in [5, 5.41) is 1.29. The quantitative estimate of drug-likeness (QED) is 0.440. The lowest BCUT2D eigenvalue weighted by molar-refractivity contribution is -0.660. The van der Waals surface area contributed by atoms with Gasteiger partial charge in [-0.1, -0.05) is 18.2 Å². The molecule has 0 N–H and O–H groups in total. The Balaban J connectivity index is 2.00. The summed E-state index contributed by atoms with van der Waals surface area (Å²) in [6.07, 6.45) is 2.14. The third kappa shape index (κ3) is 2.62. The zero-order chi connectivity index (χ0) is 18.4. The van der Waals surface area contributed by atoms with Crippen LogP contribution < -0.4 is 4.57 Å². The van der Waals surface area contributed by atoms with E-state index < -0.39 is 0 Å². The van der Waals surface area contributed by atoms with Crippen LogP contribution in [0, 0.1) is 20.8 Å². The van der Waals surface area contributed by atoms with Crippen LogP contribution >= 0.6 is 0 Å². The first kappa shape index (κ1) is 16.6. The monoisotopic (exact) mass is 341 g/mol. The number of aryl methyl sites for hydroxylation is 4. The summed E-state index contributed by atoms with van der Waals surface area (Å²) < 4.78 is 4.51. The second-order valence-electron chi connectivity index (χ2n) is 7.33. The van der Waals surface area contributed by atoms with Crippen molar-refractivity contribution in [3.63, 3.8) is 0 Å². The van der Waals surface area contributed by atoms with Crippen LogP contribution in [0.5, 0.6) is 0 Å². The zero-order valence-corrected chi connectivity index (χ0v) is 16.2. The van der Waals surface area contributed by atoms with E-state index in [-0.39, 0.29) is 0 Å². The number of para-hydroxylation sites is 1. The molecule has 0 saturated heterocycles. The van der Waals surface area contributed by atoms with Crippen LogP contribution in [0.25, 0.3) is 33.4 Å². The SMILES string of the molecule is Cc1cc(-c2cc3ccccc3n2C)c(C)c(-c2cc(C)cc[n+]2C)c1. The molecule has 0 atom stereocenters. The van der Waals surface area contributed by atoms with Crippen LogP contribution in [-0.4, -0.2) is 4.57 Å². The maximum Gasteiger partial charge on any atom is 0.212 e. The van der Waals surface area contributed by atoms with Crippen molar-refractivity contribution in [2.24, 2.45) is 14.1 Å². The molecule has 0 fully saturated rings. The zero-order valence-electron chi connectivity index (χ0n) is 16.2. The van der Waals surface area contributed by atoms with Gasteiger partial charge < -0.3 is 4.57 Å². The highest BCUT2D eigenvalue weighted by molar-refractivity contribution is 5.88. The lowest BCUT2D eigenvalue weighted by Crippen LogP contribution is -2.30. The van der Waals surface area contributed by atoms with E-state index in [2.05, 4.69) is 105 Å². The van der Waals surface area contributed by atoms with Crippen molar-refractivity contribution in [1.82, 2.24) is 4.57 Å². The molecule has 0 spiro atoms. The number of aromatic nitrogens is 2. The molecule has 4 rings (SSSR count). The van der Waals surface area contributed by atoms with Gasteiger partial charge in [-0.2, -0.15) is 0 Å². The molecular formula is C24H25N2+. The molecule has 2 nitrogen and oxygen atoms in total. The van der Waals surface area contributed by atoms with E-state index in [1.165, 1.54) is 50.1 Å². The smallest absolute Gasteiger partial charge is 0.212 e. The normalized spacial score (nSPS) is 11.3. The molecule has 0 saturated carbocycles. The number of pyridine rings is 1. The molecule has 2 aromatic heterocycles. The number of hydrogen-bond donors (Lipinski definition) is 0. The Labute approximate surface area is 155 Å². The van der Waals surface area contributed by atoms with E-state index in [1.54, 1.807) is 0 Å². The summed E-state index contributed by atoms with van der Waals surface area (Å²) in [6.45, 7) is 6.58. The average Bonchev–Trinajstić information content (AvgIpc) is 2.96. The van der Waals surface area contributed by atoms with Crippen LogP contribution in [-0.2, 0) is 14.1 Å². The highest BCUT2D eigenvalue weighted by Gasteiger charge is 2.18. The highest BCUT2D eigenvalue weighted by Crippen LogP contribution is 2.34. The molecule has 0 unspecified atom stereocenters. The summed E-state index contributed by atoms with van der Waals surface area (Å²) in [5.41, 5.74) is 10.3. The first-order chi connectivity index (χ1) is 12.5. The summed E-state index contributed by atoms with van der Waals surface area (Å²) in [7, 11) is 4.28. The third-order valence-corrected chi connectivity index (χ3v) is 5.36. The fourth-order valence-corrected chi connectivity index (χ4v) is 3.88. The number of hydrogen-bond acceptors (Lipinski definition) is 0. The topological polar surface area (TPSA) is 8.81 Å². The Morgan fingerprint density at radius 1 is 0.808 bits per heavy atom. The minimum Gasteiger partial charge on any atom is -0.344 e. The van der Waals surface area contributed by atoms with Crippen LogP contribution in [0.2, 0.25) is 0 Å². The number of benzene rings is 2. The lowest BCUT2D eigenvalue weighted by atomic mass is 9.94. The third-order valence-electron chi connectivity index (χ3n) is 5.36. The fourth-order valence-electron chi connectivity index (χ4n) is 3.88. The van der Waals surface area contributed by atoms with E-state index in [0.29, 0.717) is 0 Å². The summed E-state index contributed by atoms with van der Waals surface area (Å²) in [6, 6.07) is 19.9. The molecule has 0 bridgehead atoms. The van der Waals surface area contributed by atoms with Crippen LogP contribution in [0.1, 0.15) is 16.7 Å². The number of fused-ring (bicyclic) bond motifs is 1. The molecule has 0 radical (unpaired) electrons. The van der Waals surface area contributed by atoms with Gasteiger partial charge in [0.25, 0.3) is 0 Å². The molecule has 26 heavy (non-hydrogen) atoms. The molecule has 0 aliphatic rings. The van der Waals surface area contributed by atoms with Crippen LogP contribution in [0.15, 0.2) is 60.8 Å². The van der Waals surface area contributed by atoms with E-state index in [9.17, 15) is 0 Å². The van der Waals surface area contributed by atoms with Crippen molar-refractivity contribution in [3.05, 3.63) is 77.5 Å². The van der Waals surface area contributed by atoms with Gasteiger partial charge in [-0.3, -0.25) is 0 Å². The Bertz CT molecular complexity index is 1130. The van der Waals surface area contributed by atoms with Crippen LogP contribution in [0.4, 0.5) is 0 Å². The summed E-state index contributed by atoms with van der Waals surface area (Å²) >= 11 is 0. The number of nitrogens with zero attached hydrogens (tertiary/aromatic N) is 2. The van der Waals surface area contributed by atoms with Gasteiger partial charge in [-0.05, 0) is 61.7 Å². The minimum absolute atomic E-state index is 1.26. The average molecular weight is 341 g/mol. The van der Waals surface area contributed by atoms with Gasteiger partial charge in [0.05, 0.1) is 0 Å². The Morgan fingerprint density at radius 2 is 1.54 bits per heavy atom. The van der Waals surface area contributed by atoms with Gasteiger partial charge in [0.2, 0.25) is 5.69 Å². The first-order valence-corrected chi connectivity index (χ1v) is 9.08. The van der Waals surface area contributed by atoms with Gasteiger partial charge in [-0.15, -0.1) is 0 Å². The molecule has 130 valence electrons. The van der Waals surface area contributed by atoms with Crippen molar-refractivity contribution >= 4 is 10.9 Å². The second-order valence-corrected chi connectivity index (χ2v) is 7.33. The van der Waals surface area contributed by atoms with Crippen molar-refractivity contribution in [2.45, 2.75) is 20.8 Å². The van der Waals surface area contributed by atoms with E-state index >= 15 is 0 Å². The van der Waals surface area contributed by atoms with E-state index in [0.717, 1.165) is 0 Å². The number of rotatable bonds is 2. The first-order valence-electron chi connectivity index (χ1n) is 9.08. The fraction of sp³-hybridized carbons (Fsp3) is 0.208. The largest absolute Gasteiger partial charge is 0.344 e. The molecule has 2 aromatic carbocycles. The van der Waals surface area contributed by atoms with Crippen molar-refractivity contribution in [2.75, 3.05) is 0 Å². The molecule has 2 heterocycles. The Kier molecular flexibility index (Phi) is 3.91.